The average molecular weight is 422 g/mol. The molecule has 2 atom stereocenters. The molecule has 0 spiro atoms. The summed E-state index contributed by atoms with van der Waals surface area (Å²) in [5.41, 5.74) is 22.4. The molecule has 0 radical (unpaired) electrons. The van der Waals surface area contributed by atoms with Crippen molar-refractivity contribution < 1.29 is 31.1 Å². The van der Waals surface area contributed by atoms with Crippen molar-refractivity contribution in [3.05, 3.63) is 47.5 Å². The van der Waals surface area contributed by atoms with Crippen molar-refractivity contribution in [1.82, 2.24) is 0 Å². The maximum atomic E-state index is 13.1. The van der Waals surface area contributed by atoms with Gasteiger partial charge < -0.3 is 27.7 Å². The van der Waals surface area contributed by atoms with Crippen LogP contribution in [0.4, 0.5) is 49.1 Å². The number of ether oxygens (including phenoxy) is 1. The Kier molecular flexibility index (Phi) is 6.41. The first-order chi connectivity index (χ1) is 13.2. The molecular formula is C18H20F6N4O. The number of benzene rings is 2. The summed E-state index contributed by atoms with van der Waals surface area (Å²) in [7, 11) is 0. The highest BCUT2D eigenvalue weighted by Gasteiger charge is 2.39. The number of halogens is 6. The molecule has 0 bridgehead atoms. The lowest BCUT2D eigenvalue weighted by Gasteiger charge is -2.28. The van der Waals surface area contributed by atoms with Gasteiger partial charge in [0.2, 0.25) is 0 Å². The number of nitrogens with two attached hydrogens (primary N) is 4. The number of anilines is 4. The van der Waals surface area contributed by atoms with Crippen LogP contribution in [0.25, 0.3) is 0 Å². The second-order valence-corrected chi connectivity index (χ2v) is 6.53. The summed E-state index contributed by atoms with van der Waals surface area (Å²) in [5, 5.41) is 0. The molecule has 0 aliphatic carbocycles. The van der Waals surface area contributed by atoms with E-state index in [4.69, 9.17) is 27.7 Å². The Morgan fingerprint density at radius 2 is 1.00 bits per heavy atom. The molecule has 5 nitrogen and oxygen atoms in total. The summed E-state index contributed by atoms with van der Waals surface area (Å²) in [6.07, 6.45) is -16.2. The standard InChI is InChI=1S/C18H20F6N4O/c19-17(20,21)7-15(11-3-1-9(25)5-13(11)27)29-16(8-18(22,23)24)12-4-2-10(26)6-14(12)28/h1-6,15-16H,7-8,25-28H2. The Bertz CT molecular complexity index is 784. The van der Waals surface area contributed by atoms with Crippen LogP contribution in [0.2, 0.25) is 0 Å². The van der Waals surface area contributed by atoms with Gasteiger partial charge in [0.25, 0.3) is 0 Å². The van der Waals surface area contributed by atoms with Gasteiger partial charge >= 0.3 is 12.4 Å². The molecule has 11 heteroatoms. The van der Waals surface area contributed by atoms with Gasteiger partial charge in [-0.2, -0.15) is 26.3 Å². The third kappa shape index (κ3) is 6.63. The first kappa shape index (κ1) is 22.5. The van der Waals surface area contributed by atoms with Crippen LogP contribution in [0.15, 0.2) is 36.4 Å². The molecule has 0 aliphatic heterocycles. The van der Waals surface area contributed by atoms with Gasteiger partial charge in [-0.15, -0.1) is 0 Å². The Morgan fingerprint density at radius 3 is 1.28 bits per heavy atom. The molecule has 0 fully saturated rings. The van der Waals surface area contributed by atoms with E-state index in [-0.39, 0.29) is 33.9 Å². The summed E-state index contributed by atoms with van der Waals surface area (Å²) in [6.45, 7) is 0. The number of nitrogen functional groups attached to an aromatic ring is 4. The topological polar surface area (TPSA) is 113 Å². The highest BCUT2D eigenvalue weighted by atomic mass is 19.4. The maximum absolute atomic E-state index is 13.1. The van der Waals surface area contributed by atoms with Crippen LogP contribution in [0.5, 0.6) is 0 Å². The van der Waals surface area contributed by atoms with E-state index in [0.717, 1.165) is 0 Å². The van der Waals surface area contributed by atoms with Crippen molar-refractivity contribution in [3.63, 3.8) is 0 Å². The van der Waals surface area contributed by atoms with Gasteiger partial charge in [0.1, 0.15) is 0 Å². The summed E-state index contributed by atoms with van der Waals surface area (Å²) in [5.74, 6) is 0. The quantitative estimate of drug-likeness (QED) is 0.397. The summed E-state index contributed by atoms with van der Waals surface area (Å²) in [4.78, 5) is 0. The highest BCUT2D eigenvalue weighted by molar-refractivity contribution is 5.59. The third-order valence-electron chi connectivity index (χ3n) is 4.08. The predicted octanol–water partition coefficient (Wildman–Crippen LogP) is 4.72. The average Bonchev–Trinajstić information content (AvgIpc) is 2.51. The number of hydrogen-bond donors (Lipinski definition) is 4. The minimum absolute atomic E-state index is 0.127. The zero-order valence-electron chi connectivity index (χ0n) is 15.0. The first-order valence-corrected chi connectivity index (χ1v) is 8.34. The zero-order chi connectivity index (χ0) is 22.0. The lowest BCUT2D eigenvalue weighted by Crippen LogP contribution is -2.23. The fraction of sp³-hybridized carbons (Fsp3) is 0.333. The Labute approximate surface area is 162 Å². The number of hydrogen-bond acceptors (Lipinski definition) is 5. The van der Waals surface area contributed by atoms with E-state index < -0.39 is 37.4 Å². The van der Waals surface area contributed by atoms with Crippen molar-refractivity contribution in [1.29, 1.82) is 0 Å². The fourth-order valence-electron chi connectivity index (χ4n) is 2.85. The highest BCUT2D eigenvalue weighted by Crippen LogP contribution is 2.43. The maximum Gasteiger partial charge on any atom is 0.391 e. The smallest absolute Gasteiger partial charge is 0.391 e. The van der Waals surface area contributed by atoms with Gasteiger partial charge in [0.05, 0.1) is 25.0 Å². The van der Waals surface area contributed by atoms with Crippen LogP contribution >= 0.6 is 0 Å². The largest absolute Gasteiger partial charge is 0.399 e. The second kappa shape index (κ2) is 8.27. The Hall–Kier alpha value is -2.82. The van der Waals surface area contributed by atoms with E-state index in [1.165, 1.54) is 36.4 Å². The molecule has 2 aromatic rings. The molecule has 0 amide bonds. The van der Waals surface area contributed by atoms with Crippen LogP contribution in [-0.4, -0.2) is 12.4 Å². The van der Waals surface area contributed by atoms with E-state index >= 15 is 0 Å². The van der Waals surface area contributed by atoms with Crippen molar-refractivity contribution in [2.45, 2.75) is 37.4 Å². The minimum Gasteiger partial charge on any atom is -0.399 e. The molecule has 160 valence electrons. The van der Waals surface area contributed by atoms with Crippen molar-refractivity contribution in [2.24, 2.45) is 0 Å². The first-order valence-electron chi connectivity index (χ1n) is 8.34. The molecule has 2 unspecified atom stereocenters. The molecular weight excluding hydrogens is 402 g/mol. The van der Waals surface area contributed by atoms with Gasteiger partial charge in [-0.05, 0) is 24.3 Å². The van der Waals surface area contributed by atoms with Gasteiger partial charge in [-0.25, -0.2) is 0 Å². The molecule has 0 aromatic heterocycles. The van der Waals surface area contributed by atoms with E-state index in [9.17, 15) is 26.3 Å². The van der Waals surface area contributed by atoms with Crippen LogP contribution in [0, 0.1) is 0 Å². The lowest BCUT2D eigenvalue weighted by molar-refractivity contribution is -0.192. The molecule has 0 saturated heterocycles. The Balaban J connectivity index is 2.48. The van der Waals surface area contributed by atoms with Crippen molar-refractivity contribution in [3.8, 4) is 0 Å². The van der Waals surface area contributed by atoms with Crippen molar-refractivity contribution >= 4 is 22.7 Å². The Morgan fingerprint density at radius 1 is 0.655 bits per heavy atom. The van der Waals surface area contributed by atoms with E-state index in [1.807, 2.05) is 0 Å². The monoisotopic (exact) mass is 422 g/mol. The number of alkyl halides is 6. The zero-order valence-corrected chi connectivity index (χ0v) is 15.0. The molecule has 2 aromatic carbocycles. The predicted molar refractivity (Wildman–Crippen MR) is 98.4 cm³/mol. The summed E-state index contributed by atoms with van der Waals surface area (Å²) < 4.78 is 84.0. The fourth-order valence-corrected chi connectivity index (χ4v) is 2.85. The van der Waals surface area contributed by atoms with Gasteiger partial charge in [0.15, 0.2) is 0 Å². The van der Waals surface area contributed by atoms with Gasteiger partial charge in [-0.1, -0.05) is 12.1 Å². The lowest BCUT2D eigenvalue weighted by atomic mass is 10.00. The van der Waals surface area contributed by atoms with E-state index in [1.54, 1.807) is 0 Å². The normalized spacial score (nSPS) is 14.6. The molecule has 0 aliphatic rings. The molecule has 0 heterocycles. The van der Waals surface area contributed by atoms with Crippen LogP contribution in [0.1, 0.15) is 36.2 Å². The van der Waals surface area contributed by atoms with Gasteiger partial charge in [0, 0.05) is 33.9 Å². The SMILES string of the molecule is Nc1ccc(C(CC(F)(F)F)OC(CC(F)(F)F)c2ccc(N)cc2N)c(N)c1. The van der Waals surface area contributed by atoms with Crippen molar-refractivity contribution in [2.75, 3.05) is 22.9 Å². The number of rotatable bonds is 6. The molecule has 29 heavy (non-hydrogen) atoms. The molecule has 8 N–H and O–H groups in total. The molecule has 0 saturated carbocycles. The molecule has 2 rings (SSSR count). The van der Waals surface area contributed by atoms with E-state index in [2.05, 4.69) is 0 Å². The van der Waals surface area contributed by atoms with Crippen LogP contribution < -0.4 is 22.9 Å². The van der Waals surface area contributed by atoms with Gasteiger partial charge in [-0.3, -0.25) is 0 Å². The van der Waals surface area contributed by atoms with Crippen LogP contribution in [-0.2, 0) is 4.74 Å². The second-order valence-electron chi connectivity index (χ2n) is 6.53. The summed E-state index contributed by atoms with van der Waals surface area (Å²) >= 11 is 0. The third-order valence-corrected chi connectivity index (χ3v) is 4.08. The van der Waals surface area contributed by atoms with E-state index in [0.29, 0.717) is 0 Å². The summed E-state index contributed by atoms with van der Waals surface area (Å²) in [6, 6.07) is 7.37. The minimum atomic E-state index is -4.73. The van der Waals surface area contributed by atoms with Crippen LogP contribution in [0.3, 0.4) is 0 Å².